The summed E-state index contributed by atoms with van der Waals surface area (Å²) in [4.78, 5) is 23.3. The fourth-order valence-electron chi connectivity index (χ4n) is 2.24. The van der Waals surface area contributed by atoms with Crippen LogP contribution in [0.5, 0.6) is 0 Å². The van der Waals surface area contributed by atoms with Gasteiger partial charge in [0, 0.05) is 12.6 Å². The molecular weight excluding hydrogens is 255 g/mol. The molecule has 102 valence electrons. The third-order valence-corrected chi connectivity index (χ3v) is 3.24. The maximum absolute atomic E-state index is 13.7. The van der Waals surface area contributed by atoms with Crippen LogP contribution < -0.4 is 0 Å². The minimum absolute atomic E-state index is 0.166. The fourth-order valence-corrected chi connectivity index (χ4v) is 2.24. The highest BCUT2D eigenvalue weighted by Gasteiger charge is 2.30. The van der Waals surface area contributed by atoms with Crippen molar-refractivity contribution in [1.82, 2.24) is 4.90 Å². The number of rotatable bonds is 3. The van der Waals surface area contributed by atoms with Crippen LogP contribution >= 0.6 is 0 Å². The Labute approximate surface area is 108 Å². The molecule has 7 heteroatoms. The molecule has 1 fully saturated rings. The second kappa shape index (κ2) is 5.31. The average molecular weight is 268 g/mol. The van der Waals surface area contributed by atoms with Gasteiger partial charge in [-0.2, -0.15) is 0 Å². The number of benzene rings is 1. The van der Waals surface area contributed by atoms with Crippen LogP contribution in [0.25, 0.3) is 0 Å². The van der Waals surface area contributed by atoms with E-state index in [-0.39, 0.29) is 18.2 Å². The van der Waals surface area contributed by atoms with Crippen molar-refractivity contribution < 1.29 is 19.2 Å². The van der Waals surface area contributed by atoms with Crippen molar-refractivity contribution in [2.75, 3.05) is 13.2 Å². The zero-order valence-electron chi connectivity index (χ0n) is 10.1. The summed E-state index contributed by atoms with van der Waals surface area (Å²) < 4.78 is 13.7. The second-order valence-electron chi connectivity index (χ2n) is 4.40. The lowest BCUT2D eigenvalue weighted by Gasteiger charge is -2.23. The van der Waals surface area contributed by atoms with E-state index in [1.807, 2.05) is 0 Å². The maximum Gasteiger partial charge on any atom is 0.272 e. The summed E-state index contributed by atoms with van der Waals surface area (Å²) in [6.45, 7) is 0.292. The van der Waals surface area contributed by atoms with Gasteiger partial charge in [0.25, 0.3) is 11.6 Å². The van der Waals surface area contributed by atoms with Crippen molar-refractivity contribution in [3.05, 3.63) is 39.7 Å². The maximum atomic E-state index is 13.7. The molecule has 1 aromatic rings. The van der Waals surface area contributed by atoms with Gasteiger partial charge in [0.05, 0.1) is 29.2 Å². The lowest BCUT2D eigenvalue weighted by molar-refractivity contribution is -0.385. The number of aliphatic hydroxyl groups excluding tert-OH is 1. The molecule has 1 aromatic carbocycles. The van der Waals surface area contributed by atoms with Crippen LogP contribution in [-0.2, 0) is 0 Å². The number of nitro benzene ring substituents is 1. The number of carbonyl (C=O) groups is 1. The molecule has 0 radical (unpaired) electrons. The quantitative estimate of drug-likeness (QED) is 0.662. The van der Waals surface area contributed by atoms with Crippen molar-refractivity contribution >= 4 is 11.6 Å². The molecule has 1 saturated heterocycles. The van der Waals surface area contributed by atoms with E-state index in [9.17, 15) is 19.3 Å². The standard InChI is InChI=1S/C12H13FN2O4/c13-11-6-8(15(18)19)3-4-10(11)12(17)14-5-1-2-9(14)7-16/h3-4,6,9,16H,1-2,5,7H2. The number of likely N-dealkylation sites (tertiary alicyclic amines) is 1. The van der Waals surface area contributed by atoms with E-state index >= 15 is 0 Å². The molecule has 19 heavy (non-hydrogen) atoms. The van der Waals surface area contributed by atoms with Crippen LogP contribution in [0.2, 0.25) is 0 Å². The summed E-state index contributed by atoms with van der Waals surface area (Å²) >= 11 is 0. The third-order valence-electron chi connectivity index (χ3n) is 3.24. The van der Waals surface area contributed by atoms with Crippen molar-refractivity contribution in [2.24, 2.45) is 0 Å². The molecule has 1 N–H and O–H groups in total. The van der Waals surface area contributed by atoms with Crippen LogP contribution in [0, 0.1) is 15.9 Å². The molecule has 0 bridgehead atoms. The molecule has 1 amide bonds. The molecule has 1 atom stereocenters. The molecule has 1 unspecified atom stereocenters. The van der Waals surface area contributed by atoms with E-state index in [0.29, 0.717) is 13.0 Å². The lowest BCUT2D eigenvalue weighted by Crippen LogP contribution is -2.38. The molecule has 1 aliphatic rings. The number of hydrogen-bond donors (Lipinski definition) is 1. The normalized spacial score (nSPS) is 18.6. The van der Waals surface area contributed by atoms with Crippen molar-refractivity contribution in [3.8, 4) is 0 Å². The number of aliphatic hydroxyl groups is 1. The minimum atomic E-state index is -0.914. The second-order valence-corrected chi connectivity index (χ2v) is 4.40. The Morgan fingerprint density at radius 3 is 2.89 bits per heavy atom. The number of halogens is 1. The summed E-state index contributed by atoms with van der Waals surface area (Å²) in [6.07, 6.45) is 1.43. The molecule has 0 saturated carbocycles. The number of nitro groups is 1. The van der Waals surface area contributed by atoms with E-state index in [0.717, 1.165) is 24.6 Å². The molecule has 1 aliphatic heterocycles. The number of hydrogen-bond acceptors (Lipinski definition) is 4. The summed E-state index contributed by atoms with van der Waals surface area (Å²) in [5, 5.41) is 19.6. The van der Waals surface area contributed by atoms with Crippen LogP contribution in [0.3, 0.4) is 0 Å². The van der Waals surface area contributed by atoms with E-state index in [4.69, 9.17) is 5.11 Å². The zero-order valence-corrected chi connectivity index (χ0v) is 10.1. The number of amides is 1. The summed E-state index contributed by atoms with van der Waals surface area (Å²) in [5.41, 5.74) is -0.597. The zero-order chi connectivity index (χ0) is 14.0. The van der Waals surface area contributed by atoms with E-state index in [1.165, 1.54) is 4.90 Å². The fraction of sp³-hybridized carbons (Fsp3) is 0.417. The number of non-ortho nitro benzene ring substituents is 1. The largest absolute Gasteiger partial charge is 0.394 e. The topological polar surface area (TPSA) is 83.7 Å². The molecule has 0 spiro atoms. The first kappa shape index (κ1) is 13.4. The Bertz CT molecular complexity index is 520. The Morgan fingerprint density at radius 2 is 2.32 bits per heavy atom. The predicted octanol–water partition coefficient (Wildman–Crippen LogP) is 1.33. The van der Waals surface area contributed by atoms with Gasteiger partial charge >= 0.3 is 0 Å². The Kier molecular flexibility index (Phi) is 3.75. The van der Waals surface area contributed by atoms with Gasteiger partial charge in [-0.1, -0.05) is 0 Å². The highest BCUT2D eigenvalue weighted by Crippen LogP contribution is 2.23. The third kappa shape index (κ3) is 2.55. The Balaban J connectivity index is 2.26. The molecule has 2 rings (SSSR count). The first-order chi connectivity index (χ1) is 9.04. The van der Waals surface area contributed by atoms with Crippen molar-refractivity contribution in [2.45, 2.75) is 18.9 Å². The van der Waals surface area contributed by atoms with Gasteiger partial charge in [-0.05, 0) is 18.9 Å². The van der Waals surface area contributed by atoms with E-state index < -0.39 is 22.3 Å². The highest BCUT2D eigenvalue weighted by molar-refractivity contribution is 5.95. The number of nitrogens with zero attached hydrogens (tertiary/aromatic N) is 2. The van der Waals surface area contributed by atoms with E-state index in [2.05, 4.69) is 0 Å². The van der Waals surface area contributed by atoms with Gasteiger partial charge in [-0.3, -0.25) is 14.9 Å². The molecule has 0 aliphatic carbocycles. The van der Waals surface area contributed by atoms with Crippen molar-refractivity contribution in [3.63, 3.8) is 0 Å². The summed E-state index contributed by atoms with van der Waals surface area (Å²) in [6, 6.07) is 2.64. The molecular formula is C12H13FN2O4. The lowest BCUT2D eigenvalue weighted by atomic mass is 10.1. The molecule has 1 heterocycles. The van der Waals surface area contributed by atoms with Crippen LogP contribution in [0.1, 0.15) is 23.2 Å². The van der Waals surface area contributed by atoms with Gasteiger partial charge in [0.2, 0.25) is 0 Å². The first-order valence-electron chi connectivity index (χ1n) is 5.90. The van der Waals surface area contributed by atoms with E-state index in [1.54, 1.807) is 0 Å². The Hall–Kier alpha value is -2.02. The molecule has 0 aromatic heterocycles. The monoisotopic (exact) mass is 268 g/mol. The van der Waals surface area contributed by atoms with Crippen LogP contribution in [0.4, 0.5) is 10.1 Å². The smallest absolute Gasteiger partial charge is 0.272 e. The first-order valence-corrected chi connectivity index (χ1v) is 5.90. The van der Waals surface area contributed by atoms with Crippen LogP contribution in [0.15, 0.2) is 18.2 Å². The number of carbonyl (C=O) groups excluding carboxylic acids is 1. The Morgan fingerprint density at radius 1 is 1.58 bits per heavy atom. The SMILES string of the molecule is O=C(c1ccc([N+](=O)[O-])cc1F)N1CCCC1CO. The van der Waals surface area contributed by atoms with Gasteiger partial charge in [0.15, 0.2) is 0 Å². The average Bonchev–Trinajstić information content (AvgIpc) is 2.85. The van der Waals surface area contributed by atoms with Gasteiger partial charge < -0.3 is 10.0 Å². The highest BCUT2D eigenvalue weighted by atomic mass is 19.1. The molecule has 6 nitrogen and oxygen atoms in total. The van der Waals surface area contributed by atoms with Crippen molar-refractivity contribution in [1.29, 1.82) is 0 Å². The summed E-state index contributed by atoms with van der Waals surface area (Å²) in [5.74, 6) is -1.45. The summed E-state index contributed by atoms with van der Waals surface area (Å²) in [7, 11) is 0. The van der Waals surface area contributed by atoms with Gasteiger partial charge in [-0.25, -0.2) is 4.39 Å². The van der Waals surface area contributed by atoms with Crippen LogP contribution in [-0.4, -0.2) is 40.0 Å². The minimum Gasteiger partial charge on any atom is -0.394 e. The van der Waals surface area contributed by atoms with Gasteiger partial charge in [-0.15, -0.1) is 0 Å². The van der Waals surface area contributed by atoms with Gasteiger partial charge in [0.1, 0.15) is 5.82 Å². The predicted molar refractivity (Wildman–Crippen MR) is 64.2 cm³/mol.